The van der Waals surface area contributed by atoms with Crippen LogP contribution in [0.1, 0.15) is 45.4 Å². The van der Waals surface area contributed by atoms with Crippen LogP contribution >= 0.6 is 0 Å². The fraction of sp³-hybridized carbons (Fsp3) is 0.650. The highest BCUT2D eigenvalue weighted by Crippen LogP contribution is 2.50. The van der Waals surface area contributed by atoms with Gasteiger partial charge in [-0.2, -0.15) is 0 Å². The first-order valence-corrected chi connectivity index (χ1v) is 9.33. The molecule has 1 saturated heterocycles. The predicted molar refractivity (Wildman–Crippen MR) is 99.1 cm³/mol. The predicted octanol–water partition coefficient (Wildman–Crippen LogP) is 3.05. The van der Waals surface area contributed by atoms with Gasteiger partial charge in [-0.1, -0.05) is 18.2 Å². The van der Waals surface area contributed by atoms with E-state index in [-0.39, 0.29) is 11.2 Å². The van der Waals surface area contributed by atoms with E-state index in [1.807, 2.05) is 0 Å². The first-order chi connectivity index (χ1) is 12.0. The van der Waals surface area contributed by atoms with E-state index in [1.165, 1.54) is 44.2 Å². The Morgan fingerprint density at radius 1 is 1.12 bits per heavy atom. The lowest BCUT2D eigenvalue weighted by Gasteiger charge is -2.50. The summed E-state index contributed by atoms with van der Waals surface area (Å²) >= 11 is 0. The molecule has 2 N–H and O–H groups in total. The van der Waals surface area contributed by atoms with Gasteiger partial charge in [0, 0.05) is 31.7 Å². The second-order valence-corrected chi connectivity index (χ2v) is 7.74. The van der Waals surface area contributed by atoms with E-state index in [2.05, 4.69) is 47.6 Å². The molecule has 1 aliphatic heterocycles. The lowest BCUT2D eigenvalue weighted by atomic mass is 9.80. The number of ether oxygens (including phenoxy) is 1. The SMILES string of the molecule is CC(=O)O.CNC1CCC2(CC1)CN(c1ccccc1)CC1(CC1)O2. The number of morpholine rings is 1. The topological polar surface area (TPSA) is 61.8 Å². The molecule has 5 heteroatoms. The van der Waals surface area contributed by atoms with Crippen LogP contribution in [0.25, 0.3) is 0 Å². The number of hydrogen-bond acceptors (Lipinski definition) is 4. The Morgan fingerprint density at radius 2 is 1.64 bits per heavy atom. The maximum atomic E-state index is 9.00. The van der Waals surface area contributed by atoms with E-state index in [4.69, 9.17) is 14.6 Å². The minimum absolute atomic E-state index is 0.0952. The third-order valence-corrected chi connectivity index (χ3v) is 5.63. The van der Waals surface area contributed by atoms with Crippen LogP contribution in [-0.4, -0.2) is 48.5 Å². The number of carbonyl (C=O) groups is 1. The van der Waals surface area contributed by atoms with E-state index in [1.54, 1.807) is 0 Å². The minimum Gasteiger partial charge on any atom is -0.481 e. The lowest BCUT2D eigenvalue weighted by Crippen LogP contribution is -2.59. The Bertz CT molecular complexity index is 574. The first kappa shape index (κ1) is 18.2. The summed E-state index contributed by atoms with van der Waals surface area (Å²) < 4.78 is 6.69. The van der Waals surface area contributed by atoms with Gasteiger partial charge in [-0.25, -0.2) is 0 Å². The summed E-state index contributed by atoms with van der Waals surface area (Å²) in [6.45, 7) is 3.23. The Kier molecular flexibility index (Phi) is 5.35. The van der Waals surface area contributed by atoms with Gasteiger partial charge in [-0.05, 0) is 57.7 Å². The lowest BCUT2D eigenvalue weighted by molar-refractivity contribution is -0.140. The summed E-state index contributed by atoms with van der Waals surface area (Å²) in [5.41, 5.74) is 1.63. The molecule has 1 heterocycles. The van der Waals surface area contributed by atoms with E-state index < -0.39 is 5.97 Å². The zero-order valence-electron chi connectivity index (χ0n) is 15.3. The van der Waals surface area contributed by atoms with Gasteiger partial charge in [0.2, 0.25) is 0 Å². The van der Waals surface area contributed by atoms with Crippen molar-refractivity contribution in [3.05, 3.63) is 30.3 Å². The van der Waals surface area contributed by atoms with Gasteiger partial charge in [-0.15, -0.1) is 0 Å². The van der Waals surface area contributed by atoms with Crippen LogP contribution in [0.15, 0.2) is 30.3 Å². The van der Waals surface area contributed by atoms with Crippen molar-refractivity contribution < 1.29 is 14.6 Å². The van der Waals surface area contributed by atoms with Crippen molar-refractivity contribution in [3.63, 3.8) is 0 Å². The Balaban J connectivity index is 0.000000415. The van der Waals surface area contributed by atoms with Crippen molar-refractivity contribution in [1.82, 2.24) is 5.32 Å². The molecule has 3 aliphatic rings. The van der Waals surface area contributed by atoms with Gasteiger partial charge < -0.3 is 20.1 Å². The highest BCUT2D eigenvalue weighted by Gasteiger charge is 2.55. The summed E-state index contributed by atoms with van der Waals surface area (Å²) in [6, 6.07) is 11.6. The second kappa shape index (κ2) is 7.34. The van der Waals surface area contributed by atoms with Gasteiger partial charge in [0.1, 0.15) is 0 Å². The average molecular weight is 346 g/mol. The van der Waals surface area contributed by atoms with Crippen molar-refractivity contribution in [1.29, 1.82) is 0 Å². The molecule has 0 atom stereocenters. The fourth-order valence-corrected chi connectivity index (χ4v) is 4.19. The molecule has 1 aromatic rings. The van der Waals surface area contributed by atoms with Crippen LogP contribution in [0.5, 0.6) is 0 Å². The Labute approximate surface area is 150 Å². The molecule has 3 fully saturated rings. The summed E-state index contributed by atoms with van der Waals surface area (Å²) in [5.74, 6) is -0.833. The fourth-order valence-electron chi connectivity index (χ4n) is 4.19. The maximum absolute atomic E-state index is 9.00. The Morgan fingerprint density at radius 3 is 2.12 bits per heavy atom. The number of aliphatic carboxylic acids is 1. The highest BCUT2D eigenvalue weighted by atomic mass is 16.5. The molecule has 25 heavy (non-hydrogen) atoms. The summed E-state index contributed by atoms with van der Waals surface area (Å²) in [7, 11) is 2.09. The molecule has 0 radical (unpaired) electrons. The molecule has 138 valence electrons. The molecule has 2 saturated carbocycles. The average Bonchev–Trinajstić information content (AvgIpc) is 3.33. The monoisotopic (exact) mass is 346 g/mol. The molecule has 2 spiro atoms. The van der Waals surface area contributed by atoms with Gasteiger partial charge in [0.05, 0.1) is 11.2 Å². The van der Waals surface area contributed by atoms with Crippen LogP contribution in [0.2, 0.25) is 0 Å². The third kappa shape index (κ3) is 4.53. The summed E-state index contributed by atoms with van der Waals surface area (Å²) in [4.78, 5) is 11.6. The van der Waals surface area contributed by atoms with Crippen molar-refractivity contribution in [2.45, 2.75) is 62.7 Å². The minimum atomic E-state index is -0.833. The summed E-state index contributed by atoms with van der Waals surface area (Å²) in [6.07, 6.45) is 7.37. The highest BCUT2D eigenvalue weighted by molar-refractivity contribution is 5.62. The largest absolute Gasteiger partial charge is 0.481 e. The first-order valence-electron chi connectivity index (χ1n) is 9.33. The molecule has 0 bridgehead atoms. The van der Waals surface area contributed by atoms with Crippen molar-refractivity contribution in [2.24, 2.45) is 0 Å². The quantitative estimate of drug-likeness (QED) is 0.862. The normalized spacial score (nSPS) is 29.8. The molecule has 1 aromatic carbocycles. The summed E-state index contributed by atoms with van der Waals surface area (Å²) in [5, 5.41) is 10.9. The number of benzene rings is 1. The van der Waals surface area contributed by atoms with Crippen molar-refractivity contribution >= 4 is 11.7 Å². The molecule has 0 aromatic heterocycles. The number of nitrogens with zero attached hydrogens (tertiary/aromatic N) is 1. The van der Waals surface area contributed by atoms with Crippen molar-refractivity contribution in [2.75, 3.05) is 25.0 Å². The van der Waals surface area contributed by atoms with Gasteiger partial charge in [0.25, 0.3) is 5.97 Å². The number of carboxylic acid groups (broad SMARTS) is 1. The zero-order valence-corrected chi connectivity index (χ0v) is 15.3. The van der Waals surface area contributed by atoms with E-state index in [0.29, 0.717) is 6.04 Å². The maximum Gasteiger partial charge on any atom is 0.300 e. The number of para-hydroxylation sites is 1. The number of rotatable bonds is 2. The molecular weight excluding hydrogens is 316 g/mol. The smallest absolute Gasteiger partial charge is 0.300 e. The Hall–Kier alpha value is -1.59. The molecular formula is C20H30N2O3. The third-order valence-electron chi connectivity index (χ3n) is 5.63. The van der Waals surface area contributed by atoms with Crippen LogP contribution in [-0.2, 0) is 9.53 Å². The van der Waals surface area contributed by atoms with Crippen LogP contribution in [0.3, 0.4) is 0 Å². The van der Waals surface area contributed by atoms with Gasteiger partial charge in [-0.3, -0.25) is 4.79 Å². The number of nitrogens with one attached hydrogen (secondary N) is 1. The molecule has 5 nitrogen and oxygen atoms in total. The van der Waals surface area contributed by atoms with Crippen LogP contribution in [0.4, 0.5) is 5.69 Å². The number of anilines is 1. The second-order valence-electron chi connectivity index (χ2n) is 7.74. The number of hydrogen-bond donors (Lipinski definition) is 2. The van der Waals surface area contributed by atoms with E-state index >= 15 is 0 Å². The van der Waals surface area contributed by atoms with Crippen molar-refractivity contribution in [3.8, 4) is 0 Å². The standard InChI is InChI=1S/C18H26N2O.C2H4O2/c1-19-15-7-9-17(10-8-15)13-20(14-18(21-17)11-12-18)16-5-3-2-4-6-16;1-2(3)4/h2-6,15,19H,7-14H2,1H3;1H3,(H,3,4). The zero-order chi connectivity index (χ0) is 17.9. The van der Waals surface area contributed by atoms with E-state index in [0.717, 1.165) is 20.0 Å². The van der Waals surface area contributed by atoms with Crippen LogP contribution < -0.4 is 10.2 Å². The molecule has 0 amide bonds. The van der Waals surface area contributed by atoms with Gasteiger partial charge >= 0.3 is 0 Å². The number of carboxylic acids is 1. The molecule has 2 aliphatic carbocycles. The molecule has 0 unspecified atom stereocenters. The van der Waals surface area contributed by atoms with E-state index in [9.17, 15) is 0 Å². The van der Waals surface area contributed by atoms with Crippen LogP contribution in [0, 0.1) is 0 Å². The molecule has 4 rings (SSSR count). The van der Waals surface area contributed by atoms with Gasteiger partial charge in [0.15, 0.2) is 0 Å².